The Morgan fingerprint density at radius 3 is 2.68 bits per heavy atom. The number of hydrogen-bond donors (Lipinski definition) is 0. The van der Waals surface area contributed by atoms with Crippen LogP contribution in [0, 0.1) is 13.8 Å². The van der Waals surface area contributed by atoms with E-state index >= 15 is 0 Å². The molecule has 3 aromatic rings. The molecule has 0 aromatic carbocycles. The van der Waals surface area contributed by atoms with E-state index in [2.05, 4.69) is 10.2 Å². The fourth-order valence-electron chi connectivity index (χ4n) is 2.08. The van der Waals surface area contributed by atoms with Gasteiger partial charge in [0.05, 0.1) is 40.4 Å². The van der Waals surface area contributed by atoms with Crippen molar-refractivity contribution in [2.75, 3.05) is 0 Å². The van der Waals surface area contributed by atoms with Gasteiger partial charge in [-0.15, -0.1) is 0 Å². The second-order valence-corrected chi connectivity index (χ2v) is 5.63. The van der Waals surface area contributed by atoms with Crippen LogP contribution in [0.2, 0.25) is 10.0 Å². The van der Waals surface area contributed by atoms with Crippen molar-refractivity contribution in [3.05, 3.63) is 57.5 Å². The number of rotatable bonds is 3. The number of aryl methyl sites for hydroxylation is 1. The molecule has 0 amide bonds. The van der Waals surface area contributed by atoms with E-state index in [4.69, 9.17) is 27.6 Å². The number of carbonyl (C=O) groups excluding carboxylic acids is 1. The molecule has 0 aliphatic heterocycles. The maximum absolute atomic E-state index is 12.2. The first-order chi connectivity index (χ1) is 10.5. The Labute approximate surface area is 136 Å². The number of carbonyl (C=O) groups is 1. The average Bonchev–Trinajstić information content (AvgIpc) is 3.17. The molecule has 0 fully saturated rings. The summed E-state index contributed by atoms with van der Waals surface area (Å²) in [6.45, 7) is 4.11. The molecular formula is C14H12Cl2N4O2. The van der Waals surface area contributed by atoms with Gasteiger partial charge in [-0.2, -0.15) is 14.9 Å². The minimum atomic E-state index is -0.385. The van der Waals surface area contributed by atoms with Gasteiger partial charge in [0.15, 0.2) is 5.76 Å². The average molecular weight is 339 g/mol. The molecule has 3 aromatic heterocycles. The number of aromatic nitrogens is 4. The van der Waals surface area contributed by atoms with Crippen LogP contribution in [0.25, 0.3) is 0 Å². The van der Waals surface area contributed by atoms with E-state index in [-0.39, 0.29) is 11.7 Å². The smallest absolute Gasteiger partial charge is 0.313 e. The van der Waals surface area contributed by atoms with Gasteiger partial charge in [0, 0.05) is 0 Å². The predicted molar refractivity (Wildman–Crippen MR) is 81.5 cm³/mol. The molecule has 0 radical (unpaired) electrons. The lowest BCUT2D eigenvalue weighted by Crippen LogP contribution is -2.11. The molecule has 3 rings (SSSR count). The molecule has 22 heavy (non-hydrogen) atoms. The van der Waals surface area contributed by atoms with Gasteiger partial charge in [-0.1, -0.05) is 23.2 Å². The lowest BCUT2D eigenvalue weighted by molar-refractivity contribution is 0.0915. The van der Waals surface area contributed by atoms with Crippen LogP contribution < -0.4 is 0 Å². The molecule has 6 nitrogen and oxygen atoms in total. The Morgan fingerprint density at radius 1 is 1.32 bits per heavy atom. The summed E-state index contributed by atoms with van der Waals surface area (Å²) in [6, 6.07) is 3.32. The zero-order valence-corrected chi connectivity index (χ0v) is 13.4. The van der Waals surface area contributed by atoms with E-state index < -0.39 is 0 Å². The third kappa shape index (κ3) is 2.67. The Bertz CT molecular complexity index is 847. The van der Waals surface area contributed by atoms with Gasteiger partial charge in [0.2, 0.25) is 0 Å². The second-order valence-electron chi connectivity index (χ2n) is 4.82. The van der Waals surface area contributed by atoms with Crippen molar-refractivity contribution in [2.45, 2.75) is 20.4 Å². The van der Waals surface area contributed by atoms with Crippen LogP contribution in [0.5, 0.6) is 0 Å². The van der Waals surface area contributed by atoms with Crippen LogP contribution in [-0.2, 0) is 6.54 Å². The Balaban J connectivity index is 1.82. The van der Waals surface area contributed by atoms with Gasteiger partial charge in [-0.3, -0.25) is 9.48 Å². The highest BCUT2D eigenvalue weighted by molar-refractivity contribution is 6.31. The Morgan fingerprint density at radius 2 is 2.09 bits per heavy atom. The normalized spacial score (nSPS) is 11.1. The summed E-state index contributed by atoms with van der Waals surface area (Å²) in [5.41, 5.74) is 1.61. The first-order valence-electron chi connectivity index (χ1n) is 6.49. The molecule has 0 atom stereocenters. The van der Waals surface area contributed by atoms with Crippen molar-refractivity contribution < 1.29 is 9.21 Å². The van der Waals surface area contributed by atoms with Gasteiger partial charge in [-0.25, -0.2) is 0 Å². The Kier molecular flexibility index (Phi) is 3.80. The van der Waals surface area contributed by atoms with E-state index in [1.807, 2.05) is 13.8 Å². The maximum atomic E-state index is 12.2. The number of furan rings is 1. The van der Waals surface area contributed by atoms with Crippen LogP contribution in [0.1, 0.15) is 27.7 Å². The van der Waals surface area contributed by atoms with Gasteiger partial charge < -0.3 is 4.42 Å². The van der Waals surface area contributed by atoms with Gasteiger partial charge >= 0.3 is 5.91 Å². The molecule has 114 valence electrons. The lowest BCUT2D eigenvalue weighted by Gasteiger charge is -2.01. The van der Waals surface area contributed by atoms with E-state index in [1.165, 1.54) is 12.4 Å². The summed E-state index contributed by atoms with van der Waals surface area (Å²) >= 11 is 11.9. The second kappa shape index (κ2) is 5.62. The van der Waals surface area contributed by atoms with Gasteiger partial charge in [0.25, 0.3) is 0 Å². The van der Waals surface area contributed by atoms with Crippen molar-refractivity contribution in [3.63, 3.8) is 0 Å². The molecule has 0 saturated carbocycles. The summed E-state index contributed by atoms with van der Waals surface area (Å²) in [7, 11) is 0. The molecule has 0 unspecified atom stereocenters. The van der Waals surface area contributed by atoms with Gasteiger partial charge in [0.1, 0.15) is 5.76 Å². The zero-order valence-electron chi connectivity index (χ0n) is 11.9. The van der Waals surface area contributed by atoms with E-state index in [1.54, 1.807) is 16.8 Å². The van der Waals surface area contributed by atoms with Crippen molar-refractivity contribution >= 4 is 29.1 Å². The number of halogens is 2. The molecular weight excluding hydrogens is 327 g/mol. The largest absolute Gasteiger partial charge is 0.454 e. The third-order valence-corrected chi connectivity index (χ3v) is 3.97. The third-order valence-electron chi connectivity index (χ3n) is 3.23. The number of nitrogens with zero attached hydrogens (tertiary/aromatic N) is 4. The standard InChI is InChI=1S/C14H12Cl2N4O2/c1-8-13(16)9(2)19(18-8)7-11-3-4-12(22-11)14(21)20-6-10(15)5-17-20/h3-6H,7H2,1-2H3. The Hall–Kier alpha value is -2.05. The molecule has 3 heterocycles. The predicted octanol–water partition coefficient (Wildman–Crippen LogP) is 3.33. The van der Waals surface area contributed by atoms with Crippen LogP contribution >= 0.6 is 23.2 Å². The van der Waals surface area contributed by atoms with Crippen LogP contribution in [0.15, 0.2) is 28.9 Å². The summed E-state index contributed by atoms with van der Waals surface area (Å²) in [5, 5.41) is 9.20. The number of hydrogen-bond acceptors (Lipinski definition) is 4. The topological polar surface area (TPSA) is 65.8 Å². The first-order valence-corrected chi connectivity index (χ1v) is 7.24. The molecule has 0 spiro atoms. The fraction of sp³-hybridized carbons (Fsp3) is 0.214. The van der Waals surface area contributed by atoms with Crippen LogP contribution in [-0.4, -0.2) is 25.5 Å². The first kappa shape index (κ1) is 14.9. The summed E-state index contributed by atoms with van der Waals surface area (Å²) in [6.07, 6.45) is 2.81. The van der Waals surface area contributed by atoms with Crippen LogP contribution in [0.3, 0.4) is 0 Å². The van der Waals surface area contributed by atoms with E-state index in [0.29, 0.717) is 22.4 Å². The van der Waals surface area contributed by atoms with Crippen molar-refractivity contribution in [2.24, 2.45) is 0 Å². The van der Waals surface area contributed by atoms with Crippen LogP contribution in [0.4, 0.5) is 0 Å². The SMILES string of the molecule is Cc1nn(Cc2ccc(C(=O)n3cc(Cl)cn3)o2)c(C)c1Cl. The minimum Gasteiger partial charge on any atom is -0.454 e. The highest BCUT2D eigenvalue weighted by Crippen LogP contribution is 2.20. The lowest BCUT2D eigenvalue weighted by atomic mass is 10.4. The van der Waals surface area contributed by atoms with Crippen molar-refractivity contribution in [1.29, 1.82) is 0 Å². The van der Waals surface area contributed by atoms with Gasteiger partial charge in [-0.05, 0) is 26.0 Å². The quantitative estimate of drug-likeness (QED) is 0.734. The molecule has 0 bridgehead atoms. The zero-order chi connectivity index (χ0) is 15.9. The van der Waals surface area contributed by atoms with Crippen molar-refractivity contribution in [3.8, 4) is 0 Å². The molecule has 0 saturated heterocycles. The monoisotopic (exact) mass is 338 g/mol. The molecule has 0 aliphatic rings. The fourth-order valence-corrected chi connectivity index (χ4v) is 2.35. The van der Waals surface area contributed by atoms with E-state index in [9.17, 15) is 4.79 Å². The minimum absolute atomic E-state index is 0.183. The van der Waals surface area contributed by atoms with Crippen molar-refractivity contribution in [1.82, 2.24) is 19.6 Å². The summed E-state index contributed by atoms with van der Waals surface area (Å²) < 4.78 is 8.42. The highest BCUT2D eigenvalue weighted by atomic mass is 35.5. The maximum Gasteiger partial charge on any atom is 0.313 e. The molecule has 0 aliphatic carbocycles. The summed E-state index contributed by atoms with van der Waals surface area (Å²) in [5.74, 6) is 0.399. The summed E-state index contributed by atoms with van der Waals surface area (Å²) in [4.78, 5) is 12.2. The van der Waals surface area contributed by atoms with E-state index in [0.717, 1.165) is 16.1 Å². The molecule has 0 N–H and O–H groups in total. The highest BCUT2D eigenvalue weighted by Gasteiger charge is 2.16. The molecule has 8 heteroatoms.